The molecule has 1 atom stereocenters. The SMILES string of the molecule is C=CC(CC)S(=O)(=O)N1C=CC=CC1. The van der Waals surface area contributed by atoms with Crippen molar-refractivity contribution in [1.29, 1.82) is 0 Å². The molecule has 4 heteroatoms. The van der Waals surface area contributed by atoms with E-state index < -0.39 is 15.3 Å². The van der Waals surface area contributed by atoms with Crippen molar-refractivity contribution in [3.8, 4) is 0 Å². The number of sulfonamides is 1. The first kappa shape index (κ1) is 11.0. The van der Waals surface area contributed by atoms with Crippen LogP contribution in [0.1, 0.15) is 13.3 Å². The van der Waals surface area contributed by atoms with E-state index in [0.717, 1.165) is 0 Å². The Morgan fingerprint density at radius 2 is 2.29 bits per heavy atom. The van der Waals surface area contributed by atoms with Gasteiger partial charge in [0.25, 0.3) is 0 Å². The van der Waals surface area contributed by atoms with Gasteiger partial charge in [0, 0.05) is 6.20 Å². The molecule has 0 N–H and O–H groups in total. The minimum atomic E-state index is -3.25. The molecule has 78 valence electrons. The summed E-state index contributed by atoms with van der Waals surface area (Å²) < 4.78 is 25.2. The van der Waals surface area contributed by atoms with E-state index in [1.165, 1.54) is 10.4 Å². The first-order valence-corrected chi connectivity index (χ1v) is 6.09. The van der Waals surface area contributed by atoms with Crippen LogP contribution in [0.15, 0.2) is 37.1 Å². The van der Waals surface area contributed by atoms with Crippen LogP contribution in [-0.2, 0) is 10.0 Å². The van der Waals surface area contributed by atoms with Crippen LogP contribution < -0.4 is 0 Å². The van der Waals surface area contributed by atoms with Gasteiger partial charge < -0.3 is 0 Å². The molecule has 0 saturated carbocycles. The van der Waals surface area contributed by atoms with Crippen LogP contribution in [0.3, 0.4) is 0 Å². The highest BCUT2D eigenvalue weighted by Gasteiger charge is 2.26. The molecule has 1 heterocycles. The third-order valence-corrected chi connectivity index (χ3v) is 4.38. The zero-order valence-corrected chi connectivity index (χ0v) is 9.07. The summed E-state index contributed by atoms with van der Waals surface area (Å²) in [6.45, 7) is 5.81. The molecule has 0 spiro atoms. The van der Waals surface area contributed by atoms with Gasteiger partial charge in [0.1, 0.15) is 0 Å². The predicted octanol–water partition coefficient (Wildman–Crippen LogP) is 1.67. The number of hydrogen-bond donors (Lipinski definition) is 0. The second-order valence-corrected chi connectivity index (χ2v) is 5.17. The van der Waals surface area contributed by atoms with Crippen LogP contribution in [-0.4, -0.2) is 24.5 Å². The molecular weight excluding hydrogens is 198 g/mol. The van der Waals surface area contributed by atoms with Crippen molar-refractivity contribution in [2.45, 2.75) is 18.6 Å². The Morgan fingerprint density at radius 1 is 1.57 bits per heavy atom. The Hall–Kier alpha value is -1.03. The molecule has 0 bridgehead atoms. The summed E-state index contributed by atoms with van der Waals surface area (Å²) in [6.07, 6.45) is 8.99. The van der Waals surface area contributed by atoms with Gasteiger partial charge in [-0.3, -0.25) is 4.31 Å². The molecule has 0 aromatic heterocycles. The van der Waals surface area contributed by atoms with Crippen LogP contribution >= 0.6 is 0 Å². The first-order chi connectivity index (χ1) is 6.62. The molecule has 0 amide bonds. The van der Waals surface area contributed by atoms with Gasteiger partial charge in [0.15, 0.2) is 0 Å². The van der Waals surface area contributed by atoms with Crippen LogP contribution in [0.25, 0.3) is 0 Å². The van der Waals surface area contributed by atoms with E-state index in [1.807, 2.05) is 19.1 Å². The van der Waals surface area contributed by atoms with Gasteiger partial charge in [-0.05, 0) is 12.5 Å². The summed E-state index contributed by atoms with van der Waals surface area (Å²) >= 11 is 0. The number of allylic oxidation sites excluding steroid dienone is 2. The van der Waals surface area contributed by atoms with Gasteiger partial charge in [-0.25, -0.2) is 8.42 Å². The van der Waals surface area contributed by atoms with Gasteiger partial charge in [-0.15, -0.1) is 6.58 Å². The lowest BCUT2D eigenvalue weighted by Crippen LogP contribution is -2.34. The third kappa shape index (κ3) is 2.07. The van der Waals surface area contributed by atoms with Crippen molar-refractivity contribution in [1.82, 2.24) is 4.31 Å². The van der Waals surface area contributed by atoms with Crippen molar-refractivity contribution >= 4 is 10.0 Å². The maximum Gasteiger partial charge on any atom is 0.241 e. The van der Waals surface area contributed by atoms with Gasteiger partial charge >= 0.3 is 0 Å². The van der Waals surface area contributed by atoms with Gasteiger partial charge in [-0.1, -0.05) is 25.2 Å². The molecule has 1 rings (SSSR count). The van der Waals surface area contributed by atoms with Crippen molar-refractivity contribution in [3.05, 3.63) is 37.1 Å². The lowest BCUT2D eigenvalue weighted by atomic mass is 10.3. The number of nitrogens with zero attached hydrogens (tertiary/aromatic N) is 1. The fourth-order valence-electron chi connectivity index (χ4n) is 1.31. The van der Waals surface area contributed by atoms with Crippen molar-refractivity contribution in [2.75, 3.05) is 6.54 Å². The molecular formula is C10H15NO2S. The molecule has 14 heavy (non-hydrogen) atoms. The number of hydrogen-bond acceptors (Lipinski definition) is 2. The lowest BCUT2D eigenvalue weighted by molar-refractivity contribution is 0.511. The van der Waals surface area contributed by atoms with Gasteiger partial charge in [0.2, 0.25) is 10.0 Å². The molecule has 0 aromatic rings. The molecule has 0 radical (unpaired) electrons. The predicted molar refractivity (Wildman–Crippen MR) is 58.2 cm³/mol. The smallest absolute Gasteiger partial charge is 0.241 e. The third-order valence-electron chi connectivity index (χ3n) is 2.16. The summed E-state index contributed by atoms with van der Waals surface area (Å²) in [5.41, 5.74) is 0. The molecule has 0 aliphatic carbocycles. The van der Waals surface area contributed by atoms with E-state index in [4.69, 9.17) is 0 Å². The van der Waals surface area contributed by atoms with Crippen LogP contribution in [0.2, 0.25) is 0 Å². The molecule has 0 aromatic carbocycles. The minimum absolute atomic E-state index is 0.420. The van der Waals surface area contributed by atoms with Gasteiger partial charge in [0.05, 0.1) is 11.8 Å². The van der Waals surface area contributed by atoms with E-state index in [2.05, 4.69) is 6.58 Å². The van der Waals surface area contributed by atoms with E-state index >= 15 is 0 Å². The number of rotatable bonds is 4. The molecule has 0 fully saturated rings. The standard InChI is InChI=1S/C10H15NO2S/c1-3-10(4-2)14(12,13)11-8-6-5-7-9-11/h3,5-8,10H,1,4,9H2,2H3. The maximum absolute atomic E-state index is 11.9. The monoisotopic (exact) mass is 213 g/mol. The summed E-state index contributed by atoms with van der Waals surface area (Å²) in [5, 5.41) is -0.487. The summed E-state index contributed by atoms with van der Waals surface area (Å²) in [6, 6.07) is 0. The van der Waals surface area contributed by atoms with Crippen molar-refractivity contribution in [2.24, 2.45) is 0 Å². The largest absolute Gasteiger partial charge is 0.273 e. The summed E-state index contributed by atoms with van der Waals surface area (Å²) in [5.74, 6) is 0. The Bertz CT molecular complexity index is 354. The van der Waals surface area contributed by atoms with E-state index in [-0.39, 0.29) is 0 Å². The van der Waals surface area contributed by atoms with Crippen LogP contribution in [0.5, 0.6) is 0 Å². The Balaban J connectivity index is 2.89. The van der Waals surface area contributed by atoms with Crippen LogP contribution in [0.4, 0.5) is 0 Å². The second-order valence-electron chi connectivity index (χ2n) is 3.07. The average Bonchev–Trinajstić information content (AvgIpc) is 2.20. The minimum Gasteiger partial charge on any atom is -0.273 e. The molecule has 0 saturated heterocycles. The summed E-state index contributed by atoms with van der Waals surface area (Å²) in [7, 11) is -3.25. The Labute approximate surface area is 85.5 Å². The fourth-order valence-corrected chi connectivity index (χ4v) is 2.86. The highest BCUT2D eigenvalue weighted by Crippen LogP contribution is 2.15. The van der Waals surface area contributed by atoms with Crippen molar-refractivity contribution < 1.29 is 8.42 Å². The maximum atomic E-state index is 11.9. The van der Waals surface area contributed by atoms with E-state index in [0.29, 0.717) is 13.0 Å². The topological polar surface area (TPSA) is 37.4 Å². The second kappa shape index (κ2) is 4.46. The fraction of sp³-hybridized carbons (Fsp3) is 0.400. The lowest BCUT2D eigenvalue weighted by Gasteiger charge is -2.24. The molecule has 1 aliphatic rings. The highest BCUT2D eigenvalue weighted by atomic mass is 32.2. The first-order valence-electron chi connectivity index (χ1n) is 4.59. The van der Waals surface area contributed by atoms with E-state index in [9.17, 15) is 8.42 Å². The zero-order chi connectivity index (χ0) is 10.6. The molecule has 1 aliphatic heterocycles. The Morgan fingerprint density at radius 3 is 2.71 bits per heavy atom. The average molecular weight is 213 g/mol. The molecule has 3 nitrogen and oxygen atoms in total. The normalized spacial score (nSPS) is 18.2. The summed E-state index contributed by atoms with van der Waals surface area (Å²) in [4.78, 5) is 0. The quantitative estimate of drug-likeness (QED) is 0.666. The highest BCUT2D eigenvalue weighted by molar-refractivity contribution is 7.90. The Kier molecular flexibility index (Phi) is 3.52. The van der Waals surface area contributed by atoms with Crippen LogP contribution in [0, 0.1) is 0 Å². The zero-order valence-electron chi connectivity index (χ0n) is 8.26. The van der Waals surface area contributed by atoms with E-state index in [1.54, 1.807) is 12.3 Å². The van der Waals surface area contributed by atoms with Crippen molar-refractivity contribution in [3.63, 3.8) is 0 Å². The molecule has 1 unspecified atom stereocenters. The van der Waals surface area contributed by atoms with Gasteiger partial charge in [-0.2, -0.15) is 0 Å².